The molecule has 5 aromatic rings. The van der Waals surface area contributed by atoms with Gasteiger partial charge in [0.1, 0.15) is 11.7 Å². The third-order valence-electron chi connectivity index (χ3n) is 8.86. The molecule has 0 atom stereocenters. The molecule has 7 rings (SSSR count). The number of H-pyrrole nitrogens is 2. The molecule has 0 aliphatic carbocycles. The van der Waals surface area contributed by atoms with E-state index < -0.39 is 0 Å². The predicted octanol–water partition coefficient (Wildman–Crippen LogP) is 5.55. The second-order valence-electron chi connectivity index (χ2n) is 11.7. The highest BCUT2D eigenvalue weighted by Crippen LogP contribution is 2.30. The van der Waals surface area contributed by atoms with Crippen LogP contribution >= 0.6 is 0 Å². The normalized spacial score (nSPS) is 16.9. The summed E-state index contributed by atoms with van der Waals surface area (Å²) in [6, 6.07) is 25.1. The van der Waals surface area contributed by atoms with Crippen LogP contribution in [-0.2, 0) is 0 Å². The number of hydrogen-bond acceptors (Lipinski definition) is 4. The van der Waals surface area contributed by atoms with Crippen LogP contribution in [0.25, 0.3) is 44.3 Å². The van der Waals surface area contributed by atoms with Gasteiger partial charge in [0, 0.05) is 70.5 Å². The first-order chi connectivity index (χ1) is 20.4. The molecule has 6 N–H and O–H groups in total. The number of aliphatic hydroxyl groups is 2. The summed E-state index contributed by atoms with van der Waals surface area (Å²) in [4.78, 5) is 11.2. The van der Waals surface area contributed by atoms with E-state index in [0.29, 0.717) is 63.5 Å². The van der Waals surface area contributed by atoms with Gasteiger partial charge in [0.25, 0.3) is 0 Å². The molecule has 2 fully saturated rings. The molecular weight excluding hydrogens is 524 g/mol. The van der Waals surface area contributed by atoms with Gasteiger partial charge in [-0.1, -0.05) is 48.5 Å². The van der Waals surface area contributed by atoms with Crippen LogP contribution in [-0.4, -0.2) is 80.0 Å². The molecule has 0 amide bonds. The molecular formula is C34H36N6O2. The zero-order valence-corrected chi connectivity index (χ0v) is 23.5. The average Bonchev–Trinajstić information content (AvgIpc) is 3.65. The summed E-state index contributed by atoms with van der Waals surface area (Å²) in [5.41, 5.74) is 8.03. The number of amidine groups is 2. The van der Waals surface area contributed by atoms with Gasteiger partial charge in [-0.05, 0) is 61.1 Å². The van der Waals surface area contributed by atoms with Crippen molar-refractivity contribution in [3.63, 3.8) is 0 Å². The molecule has 2 aromatic heterocycles. The summed E-state index contributed by atoms with van der Waals surface area (Å²) in [7, 11) is 0. The summed E-state index contributed by atoms with van der Waals surface area (Å²) in [6.45, 7) is 2.86. The molecule has 42 heavy (non-hydrogen) atoms. The van der Waals surface area contributed by atoms with Gasteiger partial charge in [0.05, 0.1) is 12.2 Å². The summed E-state index contributed by atoms with van der Waals surface area (Å²) < 4.78 is 0. The molecule has 0 saturated carbocycles. The molecule has 2 aliphatic rings. The Labute approximate surface area is 244 Å². The Hall–Kier alpha value is -4.40. The minimum atomic E-state index is -0.250. The van der Waals surface area contributed by atoms with Gasteiger partial charge in [-0.3, -0.25) is 10.8 Å². The van der Waals surface area contributed by atoms with Crippen molar-refractivity contribution in [2.75, 3.05) is 26.2 Å². The Morgan fingerprint density at radius 2 is 0.952 bits per heavy atom. The first-order valence-electron chi connectivity index (χ1n) is 14.8. The maximum atomic E-state index is 9.80. The number of nitrogens with one attached hydrogen (secondary N) is 4. The van der Waals surface area contributed by atoms with Crippen LogP contribution in [0.15, 0.2) is 72.8 Å². The molecule has 4 heterocycles. The topological polar surface area (TPSA) is 126 Å². The van der Waals surface area contributed by atoms with E-state index in [-0.39, 0.29) is 12.2 Å². The van der Waals surface area contributed by atoms with Crippen LogP contribution in [0.3, 0.4) is 0 Å². The zero-order valence-electron chi connectivity index (χ0n) is 23.5. The van der Waals surface area contributed by atoms with Crippen molar-refractivity contribution in [2.45, 2.75) is 37.9 Å². The minimum absolute atomic E-state index is 0.250. The molecule has 0 bridgehead atoms. The fraction of sp³-hybridized carbons (Fsp3) is 0.294. The van der Waals surface area contributed by atoms with Crippen molar-refractivity contribution < 1.29 is 10.2 Å². The molecule has 0 radical (unpaired) electrons. The second-order valence-corrected chi connectivity index (χ2v) is 11.7. The van der Waals surface area contributed by atoms with Gasteiger partial charge < -0.3 is 30.0 Å². The van der Waals surface area contributed by atoms with Crippen molar-refractivity contribution in [3.8, 4) is 22.5 Å². The Kier molecular flexibility index (Phi) is 6.80. The lowest BCUT2D eigenvalue weighted by molar-refractivity contribution is 0.109. The fourth-order valence-corrected chi connectivity index (χ4v) is 6.23. The highest BCUT2D eigenvalue weighted by atomic mass is 16.3. The van der Waals surface area contributed by atoms with E-state index in [2.05, 4.69) is 58.5 Å². The molecule has 3 aromatic carbocycles. The second kappa shape index (κ2) is 10.8. The zero-order chi connectivity index (χ0) is 28.8. The number of fused-ring (bicyclic) bond motifs is 2. The first kappa shape index (κ1) is 26.5. The van der Waals surface area contributed by atoms with Crippen molar-refractivity contribution in [3.05, 3.63) is 83.9 Å². The number of piperidine rings is 2. The minimum Gasteiger partial charge on any atom is -0.393 e. The van der Waals surface area contributed by atoms with Crippen molar-refractivity contribution >= 4 is 33.5 Å². The number of likely N-dealkylation sites (tertiary alicyclic amines) is 2. The lowest BCUT2D eigenvalue weighted by Crippen LogP contribution is -2.40. The molecule has 0 spiro atoms. The number of aromatic amines is 2. The van der Waals surface area contributed by atoms with E-state index >= 15 is 0 Å². The highest BCUT2D eigenvalue weighted by Gasteiger charge is 2.21. The Morgan fingerprint density at radius 1 is 0.571 bits per heavy atom. The quantitative estimate of drug-likeness (QED) is 0.127. The van der Waals surface area contributed by atoms with E-state index in [1.807, 2.05) is 34.1 Å². The van der Waals surface area contributed by atoms with E-state index in [1.165, 1.54) is 0 Å². The maximum absolute atomic E-state index is 9.80. The third kappa shape index (κ3) is 5.08. The van der Waals surface area contributed by atoms with Gasteiger partial charge in [0.15, 0.2) is 0 Å². The van der Waals surface area contributed by atoms with Crippen molar-refractivity contribution in [1.29, 1.82) is 10.8 Å². The smallest absolute Gasteiger partial charge is 0.128 e. The van der Waals surface area contributed by atoms with Crippen molar-refractivity contribution in [1.82, 2.24) is 19.8 Å². The SMILES string of the molecule is N=C(c1ccc2cc(-c3ccc(-c4cc5ccc(C(=N)N6CCC(O)CC6)cc5[nH]4)cc3)[nH]c2c1)N1CCC(O)CC1. The monoisotopic (exact) mass is 560 g/mol. The van der Waals surface area contributed by atoms with Crippen LogP contribution < -0.4 is 0 Å². The number of rotatable bonds is 4. The molecule has 8 nitrogen and oxygen atoms in total. The lowest BCUT2D eigenvalue weighted by Gasteiger charge is -2.31. The van der Waals surface area contributed by atoms with E-state index in [0.717, 1.165) is 55.4 Å². The van der Waals surface area contributed by atoms with Gasteiger partial charge in [0.2, 0.25) is 0 Å². The van der Waals surface area contributed by atoms with Gasteiger partial charge >= 0.3 is 0 Å². The van der Waals surface area contributed by atoms with Gasteiger partial charge in [-0.25, -0.2) is 0 Å². The van der Waals surface area contributed by atoms with E-state index in [9.17, 15) is 10.2 Å². The summed E-state index contributed by atoms with van der Waals surface area (Å²) in [5.74, 6) is 1.02. The average molecular weight is 561 g/mol. The predicted molar refractivity (Wildman–Crippen MR) is 168 cm³/mol. The van der Waals surface area contributed by atoms with E-state index in [1.54, 1.807) is 0 Å². The van der Waals surface area contributed by atoms with Gasteiger partial charge in [-0.15, -0.1) is 0 Å². The summed E-state index contributed by atoms with van der Waals surface area (Å²) in [5, 5.41) is 39.2. The fourth-order valence-electron chi connectivity index (χ4n) is 6.23. The summed E-state index contributed by atoms with van der Waals surface area (Å²) in [6.07, 6.45) is 2.34. The molecule has 2 saturated heterocycles. The molecule has 0 unspecified atom stereocenters. The number of hydrogen-bond donors (Lipinski definition) is 6. The largest absolute Gasteiger partial charge is 0.393 e. The van der Waals surface area contributed by atoms with E-state index in [4.69, 9.17) is 10.8 Å². The number of nitrogens with zero attached hydrogens (tertiary/aromatic N) is 2. The van der Waals surface area contributed by atoms with Crippen LogP contribution in [0.4, 0.5) is 0 Å². The highest BCUT2D eigenvalue weighted by molar-refractivity contribution is 6.01. The number of aliphatic hydroxyl groups excluding tert-OH is 2. The Balaban J connectivity index is 1.08. The third-order valence-corrected chi connectivity index (χ3v) is 8.86. The van der Waals surface area contributed by atoms with Crippen molar-refractivity contribution in [2.24, 2.45) is 0 Å². The summed E-state index contributed by atoms with van der Waals surface area (Å²) >= 11 is 0. The number of aromatic nitrogens is 2. The first-order valence-corrected chi connectivity index (χ1v) is 14.8. The van der Waals surface area contributed by atoms with Crippen LogP contribution in [0, 0.1) is 10.8 Å². The van der Waals surface area contributed by atoms with Gasteiger partial charge in [-0.2, -0.15) is 0 Å². The molecule has 2 aliphatic heterocycles. The Bertz CT molecular complexity index is 1640. The maximum Gasteiger partial charge on any atom is 0.128 e. The molecule has 8 heteroatoms. The lowest BCUT2D eigenvalue weighted by atomic mass is 10.1. The molecule has 214 valence electrons. The number of benzene rings is 3. The van der Waals surface area contributed by atoms with Crippen LogP contribution in [0.5, 0.6) is 0 Å². The Morgan fingerprint density at radius 3 is 1.33 bits per heavy atom. The standard InChI is InChI=1S/C34H36N6O2/c35-33(39-13-9-27(41)10-14-39)25-7-5-23-17-29(37-31(23)19-25)21-1-2-22(4-3-21)30-18-24-6-8-26(20-32(24)38-30)34(36)40-15-11-28(42)12-16-40/h1-8,17-20,27-28,35-38,41-42H,9-16H2. The van der Waals surface area contributed by atoms with Crippen LogP contribution in [0.1, 0.15) is 36.8 Å². The van der Waals surface area contributed by atoms with Crippen LogP contribution in [0.2, 0.25) is 0 Å².